The Hall–Kier alpha value is -1.26. The van der Waals surface area contributed by atoms with Crippen molar-refractivity contribution in [1.82, 2.24) is 14.9 Å². The Morgan fingerprint density at radius 1 is 1.80 bits per heavy atom. The number of nitrogens with zero attached hydrogens (tertiary/aromatic N) is 2. The molecule has 0 saturated heterocycles. The lowest BCUT2D eigenvalue weighted by molar-refractivity contribution is 0.778. The van der Waals surface area contributed by atoms with Gasteiger partial charge in [0, 0.05) is 6.42 Å². The summed E-state index contributed by atoms with van der Waals surface area (Å²) in [6, 6.07) is 0. The SMILES string of the molecule is CCCc1n[nH]c(=O)n1N. The summed E-state index contributed by atoms with van der Waals surface area (Å²) in [7, 11) is 0. The minimum absolute atomic E-state index is 0.358. The third-order valence-corrected chi connectivity index (χ3v) is 1.25. The molecule has 1 rings (SSSR count). The highest BCUT2D eigenvalue weighted by Crippen LogP contribution is 1.90. The molecule has 1 aromatic heterocycles. The maximum atomic E-state index is 10.6. The van der Waals surface area contributed by atoms with Crippen molar-refractivity contribution >= 4 is 0 Å². The van der Waals surface area contributed by atoms with E-state index in [-0.39, 0.29) is 5.69 Å². The quantitative estimate of drug-likeness (QED) is 0.533. The third-order valence-electron chi connectivity index (χ3n) is 1.25. The molecule has 0 atom stereocenters. The molecule has 0 aliphatic rings. The van der Waals surface area contributed by atoms with Crippen LogP contribution < -0.4 is 11.5 Å². The zero-order valence-electron chi connectivity index (χ0n) is 5.79. The molecule has 0 radical (unpaired) electrons. The van der Waals surface area contributed by atoms with E-state index < -0.39 is 0 Å². The fraction of sp³-hybridized carbons (Fsp3) is 0.600. The highest BCUT2D eigenvalue weighted by Gasteiger charge is 2.01. The summed E-state index contributed by atoms with van der Waals surface area (Å²) in [6.45, 7) is 2.00. The van der Waals surface area contributed by atoms with Crippen LogP contribution in [0.5, 0.6) is 0 Å². The fourth-order valence-electron chi connectivity index (χ4n) is 0.737. The van der Waals surface area contributed by atoms with E-state index in [2.05, 4.69) is 10.2 Å². The number of aromatic nitrogens is 3. The van der Waals surface area contributed by atoms with Crippen molar-refractivity contribution in [2.24, 2.45) is 0 Å². The number of nitrogen functional groups attached to an aromatic ring is 1. The molecule has 3 N–H and O–H groups in total. The molecule has 0 saturated carbocycles. The molecule has 0 amide bonds. The molecular weight excluding hydrogens is 132 g/mol. The van der Waals surface area contributed by atoms with Crippen LogP contribution in [0.15, 0.2) is 4.79 Å². The van der Waals surface area contributed by atoms with E-state index in [0.717, 1.165) is 17.5 Å². The monoisotopic (exact) mass is 142 g/mol. The molecule has 1 aromatic rings. The summed E-state index contributed by atoms with van der Waals surface area (Å²) < 4.78 is 1.03. The van der Waals surface area contributed by atoms with Gasteiger partial charge in [-0.15, -0.1) is 0 Å². The summed E-state index contributed by atoms with van der Waals surface area (Å²) in [5, 5.41) is 5.96. The number of rotatable bonds is 2. The van der Waals surface area contributed by atoms with Crippen molar-refractivity contribution in [1.29, 1.82) is 0 Å². The summed E-state index contributed by atoms with van der Waals surface area (Å²) in [5.74, 6) is 5.90. The maximum absolute atomic E-state index is 10.6. The van der Waals surface area contributed by atoms with Crippen molar-refractivity contribution in [3.05, 3.63) is 16.3 Å². The molecule has 0 aliphatic carbocycles. The van der Waals surface area contributed by atoms with E-state index in [1.54, 1.807) is 0 Å². The van der Waals surface area contributed by atoms with E-state index in [1.807, 2.05) is 6.92 Å². The number of hydrogen-bond acceptors (Lipinski definition) is 3. The Morgan fingerprint density at radius 2 is 2.50 bits per heavy atom. The van der Waals surface area contributed by atoms with Gasteiger partial charge in [0.15, 0.2) is 5.82 Å². The number of hydrogen-bond donors (Lipinski definition) is 2. The first kappa shape index (κ1) is 6.85. The first-order valence-electron chi connectivity index (χ1n) is 3.17. The number of H-pyrrole nitrogens is 1. The normalized spacial score (nSPS) is 10.1. The highest BCUT2D eigenvalue weighted by molar-refractivity contribution is 4.84. The van der Waals surface area contributed by atoms with E-state index in [9.17, 15) is 4.79 Å². The minimum Gasteiger partial charge on any atom is -0.333 e. The van der Waals surface area contributed by atoms with Gasteiger partial charge in [-0.25, -0.2) is 9.89 Å². The van der Waals surface area contributed by atoms with Gasteiger partial charge in [-0.05, 0) is 6.42 Å². The average Bonchev–Trinajstić information content (AvgIpc) is 2.20. The van der Waals surface area contributed by atoms with Gasteiger partial charge in [-0.2, -0.15) is 9.77 Å². The van der Waals surface area contributed by atoms with E-state index in [0.29, 0.717) is 5.82 Å². The molecule has 56 valence electrons. The van der Waals surface area contributed by atoms with Gasteiger partial charge in [0.2, 0.25) is 0 Å². The van der Waals surface area contributed by atoms with Crippen LogP contribution in [0, 0.1) is 0 Å². The van der Waals surface area contributed by atoms with E-state index in [1.165, 1.54) is 0 Å². The Labute approximate surface area is 57.8 Å². The summed E-state index contributed by atoms with van der Waals surface area (Å²) in [5.41, 5.74) is -0.358. The maximum Gasteiger partial charge on any atom is 0.361 e. The summed E-state index contributed by atoms with van der Waals surface area (Å²) in [4.78, 5) is 10.6. The summed E-state index contributed by atoms with van der Waals surface area (Å²) in [6.07, 6.45) is 1.66. The van der Waals surface area contributed by atoms with Crippen molar-refractivity contribution in [2.45, 2.75) is 19.8 Å². The van der Waals surface area contributed by atoms with Crippen molar-refractivity contribution in [3.8, 4) is 0 Å². The van der Waals surface area contributed by atoms with Crippen molar-refractivity contribution < 1.29 is 0 Å². The molecule has 0 bridgehead atoms. The van der Waals surface area contributed by atoms with E-state index >= 15 is 0 Å². The number of aryl methyl sites for hydroxylation is 1. The van der Waals surface area contributed by atoms with Crippen LogP contribution in [0.1, 0.15) is 19.2 Å². The smallest absolute Gasteiger partial charge is 0.333 e. The molecule has 0 unspecified atom stereocenters. The molecule has 0 fully saturated rings. The lowest BCUT2D eigenvalue weighted by atomic mass is 10.3. The highest BCUT2D eigenvalue weighted by atomic mass is 16.2. The third kappa shape index (κ3) is 1.02. The van der Waals surface area contributed by atoms with Crippen LogP contribution >= 0.6 is 0 Å². The Morgan fingerprint density at radius 3 is 2.90 bits per heavy atom. The second kappa shape index (κ2) is 2.55. The van der Waals surface area contributed by atoms with Crippen LogP contribution in [0.2, 0.25) is 0 Å². The minimum atomic E-state index is -0.358. The number of aromatic amines is 1. The zero-order chi connectivity index (χ0) is 7.56. The predicted octanol–water partition coefficient (Wildman–Crippen LogP) is -0.762. The van der Waals surface area contributed by atoms with Gasteiger partial charge in [-0.1, -0.05) is 6.92 Å². The second-order valence-electron chi connectivity index (χ2n) is 2.06. The topological polar surface area (TPSA) is 76.7 Å². The van der Waals surface area contributed by atoms with Gasteiger partial charge in [0.1, 0.15) is 0 Å². The molecule has 10 heavy (non-hydrogen) atoms. The summed E-state index contributed by atoms with van der Waals surface area (Å²) >= 11 is 0. The second-order valence-corrected chi connectivity index (χ2v) is 2.06. The van der Waals surface area contributed by atoms with Crippen molar-refractivity contribution in [2.75, 3.05) is 5.84 Å². The van der Waals surface area contributed by atoms with Crippen LogP contribution in [0.4, 0.5) is 0 Å². The van der Waals surface area contributed by atoms with Crippen LogP contribution in [-0.4, -0.2) is 14.9 Å². The van der Waals surface area contributed by atoms with Gasteiger partial charge in [0.25, 0.3) is 0 Å². The zero-order valence-corrected chi connectivity index (χ0v) is 5.79. The molecule has 5 heteroatoms. The van der Waals surface area contributed by atoms with E-state index in [4.69, 9.17) is 5.84 Å². The Balaban J connectivity index is 2.94. The average molecular weight is 142 g/mol. The number of nitrogens with two attached hydrogens (primary N) is 1. The Kier molecular flexibility index (Phi) is 1.75. The lowest BCUT2D eigenvalue weighted by Crippen LogP contribution is -2.26. The molecule has 5 nitrogen and oxygen atoms in total. The van der Waals surface area contributed by atoms with Gasteiger partial charge >= 0.3 is 5.69 Å². The first-order valence-corrected chi connectivity index (χ1v) is 3.17. The van der Waals surface area contributed by atoms with Gasteiger partial charge < -0.3 is 5.84 Å². The molecular formula is C5H10N4O. The molecule has 1 heterocycles. The number of nitrogens with one attached hydrogen (secondary N) is 1. The largest absolute Gasteiger partial charge is 0.361 e. The molecule has 0 aromatic carbocycles. The Bertz CT molecular complexity index is 261. The fourth-order valence-corrected chi connectivity index (χ4v) is 0.737. The lowest BCUT2D eigenvalue weighted by Gasteiger charge is -1.93. The molecule has 0 aliphatic heterocycles. The molecule has 0 spiro atoms. The van der Waals surface area contributed by atoms with Crippen LogP contribution in [0.3, 0.4) is 0 Å². The van der Waals surface area contributed by atoms with Crippen molar-refractivity contribution in [3.63, 3.8) is 0 Å². The van der Waals surface area contributed by atoms with Gasteiger partial charge in [0.05, 0.1) is 0 Å². The standard InChI is InChI=1S/C5H10N4O/c1-2-3-4-7-8-5(10)9(4)6/h2-3,6H2,1H3,(H,8,10). The van der Waals surface area contributed by atoms with Gasteiger partial charge in [-0.3, -0.25) is 0 Å². The first-order chi connectivity index (χ1) is 4.75. The van der Waals surface area contributed by atoms with Crippen LogP contribution in [0.25, 0.3) is 0 Å². The van der Waals surface area contributed by atoms with Crippen LogP contribution in [-0.2, 0) is 6.42 Å². The predicted molar refractivity (Wildman–Crippen MR) is 37.0 cm³/mol.